The Labute approximate surface area is 99.0 Å². The van der Waals surface area contributed by atoms with E-state index in [0.29, 0.717) is 5.92 Å². The number of hydrogen-bond acceptors (Lipinski definition) is 2. The SMILES string of the molecule is Cc1ccc(F)cc1-c1nc(C(C)C)cs1. The highest BCUT2D eigenvalue weighted by Gasteiger charge is 2.10. The van der Waals surface area contributed by atoms with E-state index in [1.807, 2.05) is 12.3 Å². The van der Waals surface area contributed by atoms with Crippen LogP contribution in [0.1, 0.15) is 31.0 Å². The van der Waals surface area contributed by atoms with Gasteiger partial charge in [0.1, 0.15) is 10.8 Å². The van der Waals surface area contributed by atoms with Crippen LogP contribution in [0.5, 0.6) is 0 Å². The number of thiazole rings is 1. The van der Waals surface area contributed by atoms with Crippen molar-refractivity contribution in [3.05, 3.63) is 40.7 Å². The van der Waals surface area contributed by atoms with E-state index >= 15 is 0 Å². The molecule has 0 aliphatic carbocycles. The van der Waals surface area contributed by atoms with Crippen LogP contribution >= 0.6 is 11.3 Å². The number of aromatic nitrogens is 1. The van der Waals surface area contributed by atoms with E-state index in [-0.39, 0.29) is 5.82 Å². The van der Waals surface area contributed by atoms with Crippen LogP contribution in [0, 0.1) is 12.7 Å². The van der Waals surface area contributed by atoms with Crippen LogP contribution in [-0.2, 0) is 0 Å². The van der Waals surface area contributed by atoms with Crippen LogP contribution in [0.15, 0.2) is 23.6 Å². The van der Waals surface area contributed by atoms with E-state index in [2.05, 4.69) is 18.8 Å². The van der Waals surface area contributed by atoms with Crippen molar-refractivity contribution in [3.63, 3.8) is 0 Å². The zero-order valence-electron chi connectivity index (χ0n) is 9.62. The fraction of sp³-hybridized carbons (Fsp3) is 0.308. The molecule has 0 saturated carbocycles. The van der Waals surface area contributed by atoms with Crippen LogP contribution in [0.2, 0.25) is 0 Å². The maximum Gasteiger partial charge on any atom is 0.123 e. The van der Waals surface area contributed by atoms with E-state index in [9.17, 15) is 4.39 Å². The van der Waals surface area contributed by atoms with E-state index in [4.69, 9.17) is 0 Å². The van der Waals surface area contributed by atoms with Crippen LogP contribution in [0.25, 0.3) is 10.6 Å². The molecule has 0 radical (unpaired) electrons. The van der Waals surface area contributed by atoms with Gasteiger partial charge in [-0.05, 0) is 30.5 Å². The maximum absolute atomic E-state index is 13.2. The Morgan fingerprint density at radius 2 is 2.06 bits per heavy atom. The molecular weight excluding hydrogens is 221 g/mol. The van der Waals surface area contributed by atoms with Crippen LogP contribution < -0.4 is 0 Å². The van der Waals surface area contributed by atoms with Crippen molar-refractivity contribution < 1.29 is 4.39 Å². The number of hydrogen-bond donors (Lipinski definition) is 0. The normalized spacial score (nSPS) is 11.1. The average Bonchev–Trinajstić information content (AvgIpc) is 2.70. The van der Waals surface area contributed by atoms with Gasteiger partial charge in [-0.25, -0.2) is 9.37 Å². The Bertz CT molecular complexity index is 502. The number of aryl methyl sites for hydroxylation is 1. The molecule has 2 aromatic rings. The smallest absolute Gasteiger partial charge is 0.123 e. The summed E-state index contributed by atoms with van der Waals surface area (Å²) < 4.78 is 13.2. The second-order valence-corrected chi connectivity index (χ2v) is 5.05. The third kappa shape index (κ3) is 2.14. The molecule has 1 aromatic carbocycles. The molecule has 1 aromatic heterocycles. The van der Waals surface area contributed by atoms with Crippen molar-refractivity contribution in [2.75, 3.05) is 0 Å². The molecule has 3 heteroatoms. The quantitative estimate of drug-likeness (QED) is 0.752. The van der Waals surface area contributed by atoms with E-state index in [1.165, 1.54) is 6.07 Å². The number of benzene rings is 1. The van der Waals surface area contributed by atoms with Crippen LogP contribution in [0.4, 0.5) is 4.39 Å². The van der Waals surface area contributed by atoms with Gasteiger partial charge < -0.3 is 0 Å². The minimum Gasteiger partial charge on any atom is -0.241 e. The van der Waals surface area contributed by atoms with Gasteiger partial charge in [-0.15, -0.1) is 11.3 Å². The largest absolute Gasteiger partial charge is 0.241 e. The predicted molar refractivity (Wildman–Crippen MR) is 66.3 cm³/mol. The summed E-state index contributed by atoms with van der Waals surface area (Å²) >= 11 is 1.58. The molecule has 0 aliphatic heterocycles. The standard InChI is InChI=1S/C13H14FNS/c1-8(2)12-7-16-13(15-12)11-6-10(14)5-4-9(11)3/h4-8H,1-3H3. The summed E-state index contributed by atoms with van der Waals surface area (Å²) in [6.07, 6.45) is 0. The lowest BCUT2D eigenvalue weighted by Crippen LogP contribution is -1.88. The Hall–Kier alpha value is -1.22. The summed E-state index contributed by atoms with van der Waals surface area (Å²) in [5, 5.41) is 2.95. The minimum absolute atomic E-state index is 0.207. The highest BCUT2D eigenvalue weighted by molar-refractivity contribution is 7.13. The lowest BCUT2D eigenvalue weighted by atomic mass is 10.1. The maximum atomic E-state index is 13.2. The van der Waals surface area contributed by atoms with Gasteiger partial charge in [0.2, 0.25) is 0 Å². The summed E-state index contributed by atoms with van der Waals surface area (Å²) in [5.41, 5.74) is 3.03. The molecule has 0 atom stereocenters. The Morgan fingerprint density at radius 1 is 1.31 bits per heavy atom. The van der Waals surface area contributed by atoms with Crippen molar-refractivity contribution in [1.29, 1.82) is 0 Å². The lowest BCUT2D eigenvalue weighted by Gasteiger charge is -2.02. The molecule has 0 aliphatic rings. The third-order valence-electron chi connectivity index (χ3n) is 2.54. The molecule has 0 saturated heterocycles. The summed E-state index contributed by atoms with van der Waals surface area (Å²) in [6, 6.07) is 4.83. The first-order valence-corrected chi connectivity index (χ1v) is 6.18. The molecule has 0 N–H and O–H groups in total. The summed E-state index contributed by atoms with van der Waals surface area (Å²) in [7, 11) is 0. The first-order valence-electron chi connectivity index (χ1n) is 5.30. The molecular formula is C13H14FNS. The lowest BCUT2D eigenvalue weighted by molar-refractivity contribution is 0.628. The highest BCUT2D eigenvalue weighted by atomic mass is 32.1. The molecule has 0 fully saturated rings. The van der Waals surface area contributed by atoms with Crippen molar-refractivity contribution in [2.24, 2.45) is 0 Å². The van der Waals surface area contributed by atoms with Gasteiger partial charge in [-0.1, -0.05) is 19.9 Å². The first-order chi connectivity index (χ1) is 7.58. The Balaban J connectivity index is 2.46. The molecule has 16 heavy (non-hydrogen) atoms. The Morgan fingerprint density at radius 3 is 2.69 bits per heavy atom. The predicted octanol–water partition coefficient (Wildman–Crippen LogP) is 4.38. The van der Waals surface area contributed by atoms with Crippen molar-refractivity contribution in [1.82, 2.24) is 4.98 Å². The van der Waals surface area contributed by atoms with Crippen LogP contribution in [0.3, 0.4) is 0 Å². The molecule has 2 rings (SSSR count). The van der Waals surface area contributed by atoms with Gasteiger partial charge in [0.25, 0.3) is 0 Å². The second-order valence-electron chi connectivity index (χ2n) is 4.19. The third-order valence-corrected chi connectivity index (χ3v) is 3.44. The van der Waals surface area contributed by atoms with Gasteiger partial charge in [-0.3, -0.25) is 0 Å². The monoisotopic (exact) mass is 235 g/mol. The van der Waals surface area contributed by atoms with Crippen LogP contribution in [-0.4, -0.2) is 4.98 Å². The number of nitrogens with zero attached hydrogens (tertiary/aromatic N) is 1. The Kier molecular flexibility index (Phi) is 3.06. The van der Waals surface area contributed by atoms with E-state index in [1.54, 1.807) is 23.5 Å². The van der Waals surface area contributed by atoms with Crippen molar-refractivity contribution >= 4 is 11.3 Å². The van der Waals surface area contributed by atoms with Gasteiger partial charge >= 0.3 is 0 Å². The average molecular weight is 235 g/mol. The zero-order chi connectivity index (χ0) is 11.7. The van der Waals surface area contributed by atoms with Crippen molar-refractivity contribution in [2.45, 2.75) is 26.7 Å². The zero-order valence-corrected chi connectivity index (χ0v) is 10.4. The minimum atomic E-state index is -0.207. The number of halogens is 1. The molecule has 0 amide bonds. The topological polar surface area (TPSA) is 12.9 Å². The molecule has 0 unspecified atom stereocenters. The fourth-order valence-corrected chi connectivity index (χ4v) is 2.56. The first kappa shape index (κ1) is 11.3. The van der Waals surface area contributed by atoms with Gasteiger partial charge in [0.15, 0.2) is 0 Å². The van der Waals surface area contributed by atoms with Gasteiger partial charge in [0, 0.05) is 10.9 Å². The molecule has 1 nitrogen and oxygen atoms in total. The molecule has 84 valence electrons. The fourth-order valence-electron chi connectivity index (χ4n) is 1.50. The summed E-state index contributed by atoms with van der Waals surface area (Å²) in [4.78, 5) is 4.53. The summed E-state index contributed by atoms with van der Waals surface area (Å²) in [6.45, 7) is 6.19. The highest BCUT2D eigenvalue weighted by Crippen LogP contribution is 2.29. The van der Waals surface area contributed by atoms with Crippen molar-refractivity contribution in [3.8, 4) is 10.6 Å². The van der Waals surface area contributed by atoms with E-state index in [0.717, 1.165) is 21.8 Å². The van der Waals surface area contributed by atoms with Gasteiger partial charge in [0.05, 0.1) is 5.69 Å². The molecule has 1 heterocycles. The molecule has 0 spiro atoms. The molecule has 0 bridgehead atoms. The van der Waals surface area contributed by atoms with Gasteiger partial charge in [-0.2, -0.15) is 0 Å². The number of rotatable bonds is 2. The van der Waals surface area contributed by atoms with E-state index < -0.39 is 0 Å². The summed E-state index contributed by atoms with van der Waals surface area (Å²) in [5.74, 6) is 0.209. The second kappa shape index (κ2) is 4.34.